The van der Waals surface area contributed by atoms with E-state index in [1.54, 1.807) is 7.11 Å². The largest absolute Gasteiger partial charge is 0.497 e. The molecule has 2 aromatic rings. The quantitative estimate of drug-likeness (QED) is 0.811. The van der Waals surface area contributed by atoms with E-state index >= 15 is 0 Å². The van der Waals surface area contributed by atoms with Gasteiger partial charge in [-0.15, -0.1) is 0 Å². The number of piperidine rings is 1. The lowest BCUT2D eigenvalue weighted by Gasteiger charge is -2.29. The number of methoxy groups -OCH3 is 1. The molecule has 154 valence electrons. The summed E-state index contributed by atoms with van der Waals surface area (Å²) in [6.45, 7) is 2.09. The van der Waals surface area contributed by atoms with Gasteiger partial charge < -0.3 is 15.0 Å². The molecule has 0 radical (unpaired) electrons. The lowest BCUT2D eigenvalue weighted by Crippen LogP contribution is -2.34. The van der Waals surface area contributed by atoms with Crippen molar-refractivity contribution in [2.75, 3.05) is 25.1 Å². The number of hydrogen-bond acceptors (Lipinski definition) is 5. The van der Waals surface area contributed by atoms with E-state index in [0.29, 0.717) is 6.42 Å². The molecule has 1 aromatic heterocycles. The third-order valence-corrected chi connectivity index (χ3v) is 5.94. The zero-order valence-corrected chi connectivity index (χ0v) is 17.2. The van der Waals surface area contributed by atoms with Crippen LogP contribution in [-0.2, 0) is 17.6 Å². The Kier molecular flexibility index (Phi) is 6.27. The summed E-state index contributed by atoms with van der Waals surface area (Å²) >= 11 is 0. The summed E-state index contributed by atoms with van der Waals surface area (Å²) in [5.74, 6) is 1.77. The predicted molar refractivity (Wildman–Crippen MR) is 113 cm³/mol. The molecule has 29 heavy (non-hydrogen) atoms. The van der Waals surface area contributed by atoms with Crippen LogP contribution in [0.1, 0.15) is 61.4 Å². The van der Waals surface area contributed by atoms with Crippen LogP contribution < -0.4 is 15.0 Å². The third-order valence-electron chi connectivity index (χ3n) is 5.94. The van der Waals surface area contributed by atoms with E-state index in [9.17, 15) is 4.79 Å². The molecule has 6 heteroatoms. The molecule has 2 aliphatic rings. The van der Waals surface area contributed by atoms with Crippen LogP contribution in [0.4, 0.5) is 5.95 Å². The van der Waals surface area contributed by atoms with E-state index in [4.69, 9.17) is 9.72 Å². The number of ether oxygens (including phenoxy) is 1. The first kappa shape index (κ1) is 19.7. The summed E-state index contributed by atoms with van der Waals surface area (Å²) in [6.07, 6.45) is 9.84. The molecule has 6 nitrogen and oxygen atoms in total. The molecule has 0 saturated carbocycles. The van der Waals surface area contributed by atoms with Gasteiger partial charge in [0.05, 0.1) is 18.8 Å². The summed E-state index contributed by atoms with van der Waals surface area (Å²) in [6, 6.07) is 7.91. The molecule has 1 amide bonds. The Hall–Kier alpha value is -2.63. The fourth-order valence-electron chi connectivity index (χ4n) is 4.25. The van der Waals surface area contributed by atoms with Gasteiger partial charge in [-0.25, -0.2) is 9.97 Å². The molecule has 1 aliphatic heterocycles. The normalized spacial score (nSPS) is 18.8. The molecule has 1 saturated heterocycles. The van der Waals surface area contributed by atoms with Crippen LogP contribution in [0, 0.1) is 0 Å². The van der Waals surface area contributed by atoms with E-state index in [2.05, 4.69) is 15.2 Å². The maximum atomic E-state index is 12.5. The van der Waals surface area contributed by atoms with Crippen LogP contribution in [0.25, 0.3) is 0 Å². The lowest BCUT2D eigenvalue weighted by atomic mass is 9.92. The van der Waals surface area contributed by atoms with Gasteiger partial charge in [0.1, 0.15) is 5.75 Å². The molecule has 2 heterocycles. The molecular weight excluding hydrogens is 364 g/mol. The SMILES string of the molecule is COc1ccc(CCC(=O)N[C@H]2CCCc3nc(N4CCCCC4)ncc32)cc1. The number of nitrogens with zero attached hydrogens (tertiary/aromatic N) is 3. The zero-order chi connectivity index (χ0) is 20.1. The number of carbonyl (C=O) groups is 1. The second-order valence-corrected chi connectivity index (χ2v) is 7.98. The number of carbonyl (C=O) groups excluding carboxylic acids is 1. The summed E-state index contributed by atoms with van der Waals surface area (Å²) in [7, 11) is 1.66. The molecule has 1 atom stereocenters. The van der Waals surface area contributed by atoms with E-state index < -0.39 is 0 Å². The molecule has 1 aromatic carbocycles. The molecule has 1 aliphatic carbocycles. The monoisotopic (exact) mass is 394 g/mol. The van der Waals surface area contributed by atoms with Crippen molar-refractivity contribution in [1.29, 1.82) is 0 Å². The van der Waals surface area contributed by atoms with Crippen molar-refractivity contribution in [3.05, 3.63) is 47.3 Å². The highest BCUT2D eigenvalue weighted by atomic mass is 16.5. The van der Waals surface area contributed by atoms with E-state index in [-0.39, 0.29) is 11.9 Å². The molecule has 4 rings (SSSR count). The highest BCUT2D eigenvalue weighted by Crippen LogP contribution is 2.30. The minimum atomic E-state index is 0.0255. The van der Waals surface area contributed by atoms with Crippen molar-refractivity contribution in [2.45, 2.75) is 57.4 Å². The summed E-state index contributed by atoms with van der Waals surface area (Å²) in [5.41, 5.74) is 3.33. The van der Waals surface area contributed by atoms with Gasteiger partial charge >= 0.3 is 0 Å². The predicted octanol–water partition coefficient (Wildman–Crippen LogP) is 3.60. The fraction of sp³-hybridized carbons (Fsp3) is 0.522. The van der Waals surface area contributed by atoms with E-state index in [0.717, 1.165) is 67.3 Å². The second kappa shape index (κ2) is 9.25. The van der Waals surface area contributed by atoms with Crippen LogP contribution in [0.15, 0.2) is 30.5 Å². The number of nitrogens with one attached hydrogen (secondary N) is 1. The van der Waals surface area contributed by atoms with Gasteiger partial charge in [0.2, 0.25) is 11.9 Å². The van der Waals surface area contributed by atoms with Gasteiger partial charge in [-0.05, 0) is 62.6 Å². The highest BCUT2D eigenvalue weighted by Gasteiger charge is 2.25. The molecule has 1 N–H and O–H groups in total. The van der Waals surface area contributed by atoms with E-state index in [1.165, 1.54) is 19.3 Å². The van der Waals surface area contributed by atoms with Crippen molar-refractivity contribution in [3.63, 3.8) is 0 Å². The molecule has 0 spiro atoms. The highest BCUT2D eigenvalue weighted by molar-refractivity contribution is 5.76. The Bertz CT molecular complexity index is 831. The molecular formula is C23H30N4O2. The number of aryl methyl sites for hydroxylation is 2. The van der Waals surface area contributed by atoms with Gasteiger partial charge in [-0.3, -0.25) is 4.79 Å². The van der Waals surface area contributed by atoms with Crippen LogP contribution in [-0.4, -0.2) is 36.1 Å². The smallest absolute Gasteiger partial charge is 0.225 e. The minimum Gasteiger partial charge on any atom is -0.497 e. The van der Waals surface area contributed by atoms with Gasteiger partial charge in [0.25, 0.3) is 0 Å². The number of aromatic nitrogens is 2. The Morgan fingerprint density at radius 1 is 1.17 bits per heavy atom. The average Bonchev–Trinajstić information content (AvgIpc) is 2.78. The van der Waals surface area contributed by atoms with Crippen LogP contribution in [0.5, 0.6) is 5.75 Å². The van der Waals surface area contributed by atoms with Crippen molar-refractivity contribution in [1.82, 2.24) is 15.3 Å². The van der Waals surface area contributed by atoms with Gasteiger partial charge in [-0.1, -0.05) is 12.1 Å². The molecule has 0 unspecified atom stereocenters. The first-order valence-electron chi connectivity index (χ1n) is 10.8. The number of rotatable bonds is 6. The zero-order valence-electron chi connectivity index (χ0n) is 17.2. The van der Waals surface area contributed by atoms with Gasteiger partial charge in [-0.2, -0.15) is 0 Å². The minimum absolute atomic E-state index is 0.0255. The number of anilines is 1. The third kappa shape index (κ3) is 4.86. The van der Waals surface area contributed by atoms with Crippen molar-refractivity contribution < 1.29 is 9.53 Å². The van der Waals surface area contributed by atoms with Crippen LogP contribution >= 0.6 is 0 Å². The summed E-state index contributed by atoms with van der Waals surface area (Å²) in [4.78, 5) is 24.3. The van der Waals surface area contributed by atoms with Crippen molar-refractivity contribution >= 4 is 11.9 Å². The van der Waals surface area contributed by atoms with Crippen molar-refractivity contribution in [2.24, 2.45) is 0 Å². The first-order chi connectivity index (χ1) is 14.2. The van der Waals surface area contributed by atoms with Crippen LogP contribution in [0.3, 0.4) is 0 Å². The second-order valence-electron chi connectivity index (χ2n) is 7.98. The molecule has 1 fully saturated rings. The van der Waals surface area contributed by atoms with Crippen molar-refractivity contribution in [3.8, 4) is 5.75 Å². The van der Waals surface area contributed by atoms with Gasteiger partial charge in [0, 0.05) is 31.3 Å². The number of fused-ring (bicyclic) bond motifs is 1. The first-order valence-corrected chi connectivity index (χ1v) is 10.8. The number of hydrogen-bond donors (Lipinski definition) is 1. The number of amides is 1. The summed E-state index contributed by atoms with van der Waals surface area (Å²) in [5, 5.41) is 3.21. The Balaban J connectivity index is 1.36. The maximum Gasteiger partial charge on any atom is 0.225 e. The Morgan fingerprint density at radius 3 is 2.72 bits per heavy atom. The Labute approximate surface area is 172 Å². The summed E-state index contributed by atoms with van der Waals surface area (Å²) < 4.78 is 5.18. The lowest BCUT2D eigenvalue weighted by molar-refractivity contribution is -0.121. The number of benzene rings is 1. The topological polar surface area (TPSA) is 67.3 Å². The Morgan fingerprint density at radius 2 is 1.97 bits per heavy atom. The van der Waals surface area contributed by atoms with Crippen LogP contribution in [0.2, 0.25) is 0 Å². The molecule has 0 bridgehead atoms. The van der Waals surface area contributed by atoms with Gasteiger partial charge in [0.15, 0.2) is 0 Å². The van der Waals surface area contributed by atoms with E-state index in [1.807, 2.05) is 30.5 Å². The maximum absolute atomic E-state index is 12.5. The average molecular weight is 395 g/mol. The standard InChI is InChI=1S/C23H30N4O2/c1-29-18-11-8-17(9-12-18)10-13-22(28)25-20-6-5-7-21-19(20)16-24-23(26-21)27-14-3-2-4-15-27/h8-9,11-12,16,20H,2-7,10,13-15H2,1H3,(H,25,28)/t20-/m0/s1. The fourth-order valence-corrected chi connectivity index (χ4v) is 4.25.